The maximum Gasteiger partial charge on any atom is 0.416 e. The number of nitrogens with zero attached hydrogens (tertiary/aromatic N) is 1. The van der Waals surface area contributed by atoms with Gasteiger partial charge in [0.2, 0.25) is 5.52 Å². The van der Waals surface area contributed by atoms with Gasteiger partial charge in [-0.05, 0) is 67.6 Å². The summed E-state index contributed by atoms with van der Waals surface area (Å²) >= 11 is 0. The molecule has 0 saturated heterocycles. The number of alkyl halides is 24. The van der Waals surface area contributed by atoms with Gasteiger partial charge in [-0.3, -0.25) is 0 Å². The molecule has 27 heteroatoms. The van der Waals surface area contributed by atoms with Crippen LogP contribution in [0, 0.1) is 0 Å². The van der Waals surface area contributed by atoms with Crippen molar-refractivity contribution in [2.45, 2.75) is 62.9 Å². The molecule has 0 aliphatic heterocycles. The van der Waals surface area contributed by atoms with E-state index in [4.69, 9.17) is 4.74 Å². The van der Waals surface area contributed by atoms with Crippen molar-refractivity contribution in [2.75, 3.05) is 6.61 Å². The average molecular weight is 1130 g/mol. The van der Waals surface area contributed by atoms with Crippen molar-refractivity contribution in [2.24, 2.45) is 0 Å². The summed E-state index contributed by atoms with van der Waals surface area (Å²) in [6, 6.07) is 12.2. The monoisotopic (exact) mass is 1130 g/mol. The number of hydrogen-bond acceptors (Lipinski definition) is 1. The minimum Gasteiger partial charge on any atom is -0.494 e. The largest absolute Gasteiger partial charge is 0.494 e. The van der Waals surface area contributed by atoms with Crippen LogP contribution < -0.4 is 31.2 Å². The predicted octanol–water partition coefficient (Wildman–Crippen LogP) is 14.8. The lowest BCUT2D eigenvalue weighted by molar-refractivity contribution is -0.662. The van der Waals surface area contributed by atoms with Crippen LogP contribution in [0.3, 0.4) is 0 Å². The van der Waals surface area contributed by atoms with E-state index in [0.717, 1.165) is 12.3 Å². The molecule has 77 heavy (non-hydrogen) atoms. The fourth-order valence-electron chi connectivity index (χ4n) is 8.48. The summed E-state index contributed by atoms with van der Waals surface area (Å²) in [5, 5.41) is 1.26. The predicted molar refractivity (Wildman–Crippen MR) is 231 cm³/mol. The molecule has 0 fully saturated rings. The topological polar surface area (TPSA) is 13.1 Å². The molecule has 412 valence electrons. The molecular weight excluding hydrogens is 1100 g/mol. The molecule has 0 N–H and O–H groups in total. The van der Waals surface area contributed by atoms with Gasteiger partial charge in [-0.15, -0.1) is 0 Å². The third kappa shape index (κ3) is 13.5. The number of hydrogen-bond donors (Lipinski definition) is 0. The highest BCUT2D eigenvalue weighted by molar-refractivity contribution is 7.20. The summed E-state index contributed by atoms with van der Waals surface area (Å²) in [6.07, 6.45) is -52.7. The van der Waals surface area contributed by atoms with Crippen molar-refractivity contribution in [1.29, 1.82) is 0 Å². The SMILES string of the molecule is CCOc1ccc(C[n+]2cccc3ccccc32)cc1.FC(F)(F)c1cc([B-](c2cc(C(F)(F)F)cc(C(F)(F)F)c2)(c2cc(C(F)(F)F)cc(C(F)(F)F)c2)c2cc(C(F)(F)F)cc(C(F)(F)F)c2)cc(C(F)(F)F)c1. The highest BCUT2D eigenvalue weighted by Crippen LogP contribution is 2.41. The van der Waals surface area contributed by atoms with Gasteiger partial charge in [0.15, 0.2) is 12.7 Å². The molecule has 7 rings (SSSR count). The average Bonchev–Trinajstić information content (AvgIpc) is 3.30. The molecule has 6 aromatic carbocycles. The van der Waals surface area contributed by atoms with Gasteiger partial charge < -0.3 is 4.74 Å². The van der Waals surface area contributed by atoms with E-state index in [0.29, 0.717) is 6.61 Å². The number of para-hydroxylation sites is 1. The number of fused-ring (bicyclic) bond motifs is 1. The first-order chi connectivity index (χ1) is 35.1. The van der Waals surface area contributed by atoms with Crippen molar-refractivity contribution < 1.29 is 115 Å². The van der Waals surface area contributed by atoms with Gasteiger partial charge in [-0.25, -0.2) is 0 Å². The van der Waals surface area contributed by atoms with Gasteiger partial charge in [0.1, 0.15) is 11.9 Å². The maximum atomic E-state index is 14.2. The van der Waals surface area contributed by atoms with E-state index in [1.165, 1.54) is 16.5 Å². The molecule has 0 radical (unpaired) electrons. The third-order valence-corrected chi connectivity index (χ3v) is 11.8. The number of benzene rings is 6. The minimum atomic E-state index is -6.13. The molecule has 0 atom stereocenters. The molecule has 1 heterocycles. The molecule has 1 aromatic heterocycles. The zero-order valence-corrected chi connectivity index (χ0v) is 38.2. The standard InChI is InChI=1S/C32H12BF24.C18H18NO/c34-25(35,36)13-1-14(26(37,38)39)6-21(5-13)33(22-7-15(27(40,41)42)2-16(8-22)28(43,44)45,23-9-17(29(46,47)48)3-18(10-23)30(49,50)51)24-11-19(31(52,53)54)4-20(12-24)32(55,56)57;1-2-20-17-11-9-15(10-12-17)14-19-13-5-7-16-6-3-4-8-18(16)19/h1-12H;3-13H,2,14H2,1H3/q-1;+1. The Bertz CT molecular complexity index is 2790. The molecule has 2 nitrogen and oxygen atoms in total. The summed E-state index contributed by atoms with van der Waals surface area (Å²) < 4.78 is 349. The second-order valence-corrected chi connectivity index (χ2v) is 17.0. The molecular formula is C50H30BF24NO. The van der Waals surface area contributed by atoms with E-state index >= 15 is 0 Å². The van der Waals surface area contributed by atoms with Crippen molar-refractivity contribution in [3.8, 4) is 5.75 Å². The maximum absolute atomic E-state index is 14.2. The Balaban J connectivity index is 0.000000397. The first kappa shape index (κ1) is 59.2. The van der Waals surface area contributed by atoms with Crippen LogP contribution in [0.1, 0.15) is 57.0 Å². The number of aromatic nitrogens is 1. The molecule has 0 amide bonds. The first-order valence-corrected chi connectivity index (χ1v) is 21.6. The van der Waals surface area contributed by atoms with Crippen molar-refractivity contribution in [1.82, 2.24) is 0 Å². The molecule has 0 bridgehead atoms. The third-order valence-electron chi connectivity index (χ3n) is 11.8. The number of pyridine rings is 1. The van der Waals surface area contributed by atoms with Gasteiger partial charge in [0, 0.05) is 23.1 Å². The second-order valence-electron chi connectivity index (χ2n) is 17.0. The number of rotatable bonds is 8. The van der Waals surface area contributed by atoms with E-state index in [2.05, 4.69) is 59.3 Å². The Kier molecular flexibility index (Phi) is 15.9. The van der Waals surface area contributed by atoms with E-state index in [-0.39, 0.29) is 0 Å². The molecule has 7 aromatic rings. The molecule has 0 saturated carbocycles. The summed E-state index contributed by atoms with van der Waals surface area (Å²) in [5.41, 5.74) is -27.7. The van der Waals surface area contributed by atoms with Crippen LogP contribution in [-0.4, -0.2) is 12.8 Å². The Morgan fingerprint density at radius 3 is 0.896 bits per heavy atom. The zero-order valence-electron chi connectivity index (χ0n) is 38.2. The van der Waals surface area contributed by atoms with Crippen LogP contribution in [0.5, 0.6) is 5.75 Å². The van der Waals surface area contributed by atoms with Crippen LogP contribution in [0.25, 0.3) is 10.9 Å². The lowest BCUT2D eigenvalue weighted by Gasteiger charge is -2.46. The highest BCUT2D eigenvalue weighted by Gasteiger charge is 2.47. The van der Waals surface area contributed by atoms with Crippen molar-refractivity contribution in [3.63, 3.8) is 0 Å². The smallest absolute Gasteiger partial charge is 0.416 e. The summed E-state index contributed by atoms with van der Waals surface area (Å²) in [5.74, 6) is 0.930. The van der Waals surface area contributed by atoms with Crippen LogP contribution in [0.15, 0.2) is 140 Å². The molecule has 0 spiro atoms. The Morgan fingerprint density at radius 1 is 0.351 bits per heavy atom. The summed E-state index contributed by atoms with van der Waals surface area (Å²) in [6.45, 7) is 3.57. The van der Waals surface area contributed by atoms with Crippen LogP contribution >= 0.6 is 0 Å². The zero-order chi connectivity index (χ0) is 57.7. The van der Waals surface area contributed by atoms with E-state index in [1.54, 1.807) is 0 Å². The van der Waals surface area contributed by atoms with Gasteiger partial charge >= 0.3 is 49.4 Å². The van der Waals surface area contributed by atoms with E-state index < -0.39 is 195 Å². The quantitative estimate of drug-likeness (QED) is 0.0840. The fraction of sp³-hybridized carbons (Fsp3) is 0.220. The molecule has 0 aliphatic rings. The minimum absolute atomic E-state index is 0.691. The summed E-state index contributed by atoms with van der Waals surface area (Å²) in [7, 11) is 0. The Hall–Kier alpha value is -7.09. The molecule has 0 unspecified atom stereocenters. The Labute approximate surface area is 418 Å². The fourth-order valence-corrected chi connectivity index (χ4v) is 8.48. The lowest BCUT2D eigenvalue weighted by Crippen LogP contribution is -2.75. The van der Waals surface area contributed by atoms with Crippen LogP contribution in [0.2, 0.25) is 0 Å². The number of halogens is 24. The normalized spacial score (nSPS) is 13.4. The molecule has 0 aliphatic carbocycles. The second kappa shape index (κ2) is 20.7. The van der Waals surface area contributed by atoms with E-state index in [9.17, 15) is 105 Å². The van der Waals surface area contributed by atoms with Gasteiger partial charge in [0.25, 0.3) is 0 Å². The van der Waals surface area contributed by atoms with Crippen LogP contribution in [0.4, 0.5) is 105 Å². The lowest BCUT2D eigenvalue weighted by atomic mass is 9.12. The van der Waals surface area contributed by atoms with Crippen molar-refractivity contribution in [3.05, 3.63) is 190 Å². The first-order valence-electron chi connectivity index (χ1n) is 21.6. The number of ether oxygens (including phenoxy) is 1. The van der Waals surface area contributed by atoms with Gasteiger partial charge in [0.05, 0.1) is 51.1 Å². The van der Waals surface area contributed by atoms with Crippen LogP contribution in [-0.2, 0) is 56.0 Å². The summed E-state index contributed by atoms with van der Waals surface area (Å²) in [4.78, 5) is 0. The van der Waals surface area contributed by atoms with Gasteiger partial charge in [-0.1, -0.05) is 60.7 Å². The van der Waals surface area contributed by atoms with E-state index in [1.807, 2.05) is 19.1 Å². The van der Waals surface area contributed by atoms with Gasteiger partial charge in [-0.2, -0.15) is 132 Å². The Morgan fingerprint density at radius 2 is 0.623 bits per heavy atom. The van der Waals surface area contributed by atoms with Crippen molar-refractivity contribution >= 4 is 38.9 Å². The highest BCUT2D eigenvalue weighted by atomic mass is 19.4.